The van der Waals surface area contributed by atoms with Crippen molar-refractivity contribution in [2.24, 2.45) is 0 Å². The van der Waals surface area contributed by atoms with Crippen LogP contribution in [0.3, 0.4) is 0 Å². The van der Waals surface area contributed by atoms with Gasteiger partial charge in [-0.2, -0.15) is 0 Å². The van der Waals surface area contributed by atoms with Crippen molar-refractivity contribution < 1.29 is 14.4 Å². The molecule has 1 unspecified atom stereocenters. The molecule has 0 spiro atoms. The fraction of sp³-hybridized carbons (Fsp3) is 0.389. The molecule has 2 saturated heterocycles. The number of rotatable bonds is 2. The number of fused-ring (bicyclic) bond motifs is 1. The Labute approximate surface area is 161 Å². The van der Waals surface area contributed by atoms with Crippen LogP contribution < -0.4 is 14.9 Å². The van der Waals surface area contributed by atoms with Gasteiger partial charge in [-0.1, -0.05) is 12.1 Å². The summed E-state index contributed by atoms with van der Waals surface area (Å²) in [6, 6.07) is 7.14. The molecule has 142 valence electrons. The second kappa shape index (κ2) is 6.90. The van der Waals surface area contributed by atoms with Gasteiger partial charge in [0.15, 0.2) is 0 Å². The molecule has 2 N–H and O–H groups in total. The number of anilines is 1. The molecule has 0 saturated carbocycles. The van der Waals surface area contributed by atoms with E-state index in [4.69, 9.17) is 0 Å². The number of benzene rings is 1. The summed E-state index contributed by atoms with van der Waals surface area (Å²) in [5, 5.41) is 2.67. The highest BCUT2D eigenvalue weighted by molar-refractivity contribution is 8.02. The minimum atomic E-state index is -0.676. The molecule has 0 aromatic heterocycles. The first-order chi connectivity index (χ1) is 13.0. The molecule has 1 aromatic carbocycles. The number of nitrogens with one attached hydrogen (secondary N) is 2. The van der Waals surface area contributed by atoms with Crippen molar-refractivity contribution in [3.63, 3.8) is 0 Å². The van der Waals surface area contributed by atoms with E-state index in [2.05, 4.69) is 40.1 Å². The van der Waals surface area contributed by atoms with Gasteiger partial charge in [-0.05, 0) is 36.6 Å². The van der Waals surface area contributed by atoms with Gasteiger partial charge < -0.3 is 15.1 Å². The average molecular weight is 387 g/mol. The van der Waals surface area contributed by atoms with E-state index in [1.54, 1.807) is 4.90 Å². The third-order valence-corrected chi connectivity index (χ3v) is 6.02. The maximum absolute atomic E-state index is 13.0. The van der Waals surface area contributed by atoms with E-state index in [9.17, 15) is 14.4 Å². The van der Waals surface area contributed by atoms with Gasteiger partial charge in [-0.25, -0.2) is 9.52 Å². The second-order valence-electron chi connectivity index (χ2n) is 6.84. The van der Waals surface area contributed by atoms with Gasteiger partial charge in [0.25, 0.3) is 11.8 Å². The first-order valence-corrected chi connectivity index (χ1v) is 9.63. The van der Waals surface area contributed by atoms with Crippen LogP contribution in [0.15, 0.2) is 34.9 Å². The molecule has 1 atom stereocenters. The number of hydrogen-bond acceptors (Lipinski definition) is 6. The van der Waals surface area contributed by atoms with E-state index >= 15 is 0 Å². The number of carbonyl (C=O) groups excluding carboxylic acids is 3. The number of piperazine rings is 1. The van der Waals surface area contributed by atoms with E-state index in [1.165, 1.54) is 12.6 Å². The van der Waals surface area contributed by atoms with Gasteiger partial charge in [0.1, 0.15) is 10.9 Å². The van der Waals surface area contributed by atoms with Gasteiger partial charge in [0, 0.05) is 38.9 Å². The summed E-state index contributed by atoms with van der Waals surface area (Å²) in [6.07, 6.45) is 0. The summed E-state index contributed by atoms with van der Waals surface area (Å²) < 4.78 is 2.95. The molecular weight excluding hydrogens is 366 g/mol. The molecule has 4 amide bonds. The average Bonchev–Trinajstić information content (AvgIpc) is 3.09. The maximum Gasteiger partial charge on any atom is 0.328 e. The zero-order chi connectivity index (χ0) is 19.1. The molecule has 3 aliphatic heterocycles. The van der Waals surface area contributed by atoms with Gasteiger partial charge in [-0.3, -0.25) is 14.5 Å². The van der Waals surface area contributed by atoms with Crippen molar-refractivity contribution >= 4 is 35.5 Å². The predicted octanol–water partition coefficient (Wildman–Crippen LogP) is 0.657. The Balaban J connectivity index is 1.46. The van der Waals surface area contributed by atoms with Gasteiger partial charge >= 0.3 is 6.03 Å². The molecule has 4 rings (SSSR count). The van der Waals surface area contributed by atoms with E-state index in [-0.39, 0.29) is 11.8 Å². The smallest absolute Gasteiger partial charge is 0.328 e. The minimum absolute atomic E-state index is 0.147. The third-order valence-electron chi connectivity index (χ3n) is 5.06. The van der Waals surface area contributed by atoms with Gasteiger partial charge in [0.05, 0.1) is 5.70 Å². The van der Waals surface area contributed by atoms with Crippen molar-refractivity contribution in [2.75, 3.05) is 38.1 Å². The lowest BCUT2D eigenvalue weighted by atomic mass is 10.1. The Kier molecular flexibility index (Phi) is 4.56. The Hall–Kier alpha value is -2.52. The summed E-state index contributed by atoms with van der Waals surface area (Å²) in [7, 11) is 1.42. The van der Waals surface area contributed by atoms with Crippen molar-refractivity contribution in [1.29, 1.82) is 0 Å². The van der Waals surface area contributed by atoms with E-state index in [0.29, 0.717) is 23.7 Å². The molecule has 27 heavy (non-hydrogen) atoms. The normalized spacial score (nSPS) is 22.9. The first kappa shape index (κ1) is 17.9. The Morgan fingerprint density at radius 2 is 1.93 bits per heavy atom. The van der Waals surface area contributed by atoms with Crippen molar-refractivity contribution in [3.05, 3.63) is 40.4 Å². The summed E-state index contributed by atoms with van der Waals surface area (Å²) in [4.78, 5) is 42.5. The number of nitrogens with zero attached hydrogens (tertiary/aromatic N) is 3. The van der Waals surface area contributed by atoms with Gasteiger partial charge in [0.2, 0.25) is 0 Å². The SMILES string of the molecule is Cc1cccc(N2CCN(C(=O)C3=C4NC(=O)N(C)C(=O)C4NS3)CC2)c1. The maximum atomic E-state index is 13.0. The number of imide groups is 1. The summed E-state index contributed by atoms with van der Waals surface area (Å²) in [5.41, 5.74) is 2.74. The van der Waals surface area contributed by atoms with Crippen LogP contribution in [-0.4, -0.2) is 66.9 Å². The molecule has 9 heteroatoms. The standard InChI is InChI=1S/C18H21N5O3S/c1-11-4-3-5-12(10-11)22-6-8-23(9-7-22)17(25)15-13-14(20-27-15)16(24)21(2)18(26)19-13/h3-5,10,14,20H,6-9H2,1-2H3,(H,19,26). The fourth-order valence-electron chi connectivity index (χ4n) is 3.45. The first-order valence-electron chi connectivity index (χ1n) is 8.81. The lowest BCUT2D eigenvalue weighted by molar-refractivity contribution is -0.128. The number of carbonyl (C=O) groups is 3. The lowest BCUT2D eigenvalue weighted by Gasteiger charge is -2.36. The lowest BCUT2D eigenvalue weighted by Crippen LogP contribution is -2.56. The summed E-state index contributed by atoms with van der Waals surface area (Å²) >= 11 is 1.12. The molecule has 2 fully saturated rings. The topological polar surface area (TPSA) is 85.0 Å². The van der Waals surface area contributed by atoms with Crippen molar-refractivity contribution in [3.8, 4) is 0 Å². The van der Waals surface area contributed by atoms with Crippen LogP contribution in [0.4, 0.5) is 10.5 Å². The Morgan fingerprint density at radius 3 is 2.63 bits per heavy atom. The van der Waals surface area contributed by atoms with Crippen LogP contribution in [0.1, 0.15) is 5.56 Å². The number of urea groups is 1. The second-order valence-corrected chi connectivity index (χ2v) is 7.69. The number of amides is 4. The van der Waals surface area contributed by atoms with Crippen LogP contribution in [0, 0.1) is 6.92 Å². The fourth-order valence-corrected chi connectivity index (χ4v) is 4.40. The van der Waals surface area contributed by atoms with Gasteiger partial charge in [-0.15, -0.1) is 0 Å². The van der Waals surface area contributed by atoms with E-state index in [1.807, 2.05) is 6.07 Å². The molecule has 3 heterocycles. The molecule has 0 radical (unpaired) electrons. The Morgan fingerprint density at radius 1 is 1.19 bits per heavy atom. The number of hydrogen-bond donors (Lipinski definition) is 2. The predicted molar refractivity (Wildman–Crippen MR) is 103 cm³/mol. The van der Waals surface area contributed by atoms with Crippen LogP contribution in [0.25, 0.3) is 0 Å². The molecular formula is C18H21N5O3S. The zero-order valence-corrected chi connectivity index (χ0v) is 16.0. The summed E-state index contributed by atoms with van der Waals surface area (Å²) in [6.45, 7) is 4.74. The highest BCUT2D eigenvalue weighted by Gasteiger charge is 2.43. The highest BCUT2D eigenvalue weighted by Crippen LogP contribution is 2.31. The molecule has 0 bridgehead atoms. The van der Waals surface area contributed by atoms with Crippen LogP contribution in [0.5, 0.6) is 0 Å². The summed E-state index contributed by atoms with van der Waals surface area (Å²) in [5.74, 6) is -0.500. The monoisotopic (exact) mass is 387 g/mol. The Bertz CT molecular complexity index is 847. The van der Waals surface area contributed by atoms with Crippen LogP contribution in [0.2, 0.25) is 0 Å². The van der Waals surface area contributed by atoms with Crippen LogP contribution in [-0.2, 0) is 9.59 Å². The molecule has 3 aliphatic rings. The van der Waals surface area contributed by atoms with E-state index < -0.39 is 12.1 Å². The number of aryl methyl sites for hydroxylation is 1. The van der Waals surface area contributed by atoms with E-state index in [0.717, 1.165) is 35.6 Å². The number of likely N-dealkylation sites (N-methyl/N-ethyl adjacent to an activating group) is 1. The quantitative estimate of drug-likeness (QED) is 0.725. The highest BCUT2D eigenvalue weighted by atomic mass is 32.2. The van der Waals surface area contributed by atoms with Crippen molar-refractivity contribution in [1.82, 2.24) is 19.8 Å². The molecule has 8 nitrogen and oxygen atoms in total. The molecule has 0 aliphatic carbocycles. The largest absolute Gasteiger partial charge is 0.368 e. The zero-order valence-electron chi connectivity index (χ0n) is 15.2. The van der Waals surface area contributed by atoms with Crippen LogP contribution >= 0.6 is 11.9 Å². The molecule has 1 aromatic rings. The third kappa shape index (κ3) is 3.17. The minimum Gasteiger partial charge on any atom is -0.368 e. The van der Waals surface area contributed by atoms with Crippen molar-refractivity contribution in [2.45, 2.75) is 13.0 Å².